The van der Waals surface area contributed by atoms with Gasteiger partial charge in [0.25, 0.3) is 0 Å². The summed E-state index contributed by atoms with van der Waals surface area (Å²) in [6, 6.07) is 7.69. The Balaban J connectivity index is 1.74. The molecule has 0 spiro atoms. The van der Waals surface area contributed by atoms with Crippen molar-refractivity contribution in [2.45, 2.75) is 32.7 Å². The molecule has 0 saturated carbocycles. The van der Waals surface area contributed by atoms with Crippen molar-refractivity contribution in [2.75, 3.05) is 31.1 Å². The van der Waals surface area contributed by atoms with Gasteiger partial charge in [0.2, 0.25) is 11.8 Å². The maximum atomic E-state index is 12.9. The van der Waals surface area contributed by atoms with Crippen LogP contribution in [0.4, 0.5) is 5.69 Å². The van der Waals surface area contributed by atoms with E-state index in [1.165, 1.54) is 0 Å². The summed E-state index contributed by atoms with van der Waals surface area (Å²) in [7, 11) is 0. The van der Waals surface area contributed by atoms with Crippen molar-refractivity contribution in [3.05, 3.63) is 24.3 Å². The van der Waals surface area contributed by atoms with Crippen LogP contribution in [-0.4, -0.2) is 49.0 Å². The third-order valence-electron chi connectivity index (χ3n) is 5.21. The molecular formula is C19H27N3O3. The molecule has 3 rings (SSSR count). The minimum atomic E-state index is -0.291. The predicted molar refractivity (Wildman–Crippen MR) is 96.4 cm³/mol. The lowest BCUT2D eigenvalue weighted by atomic mass is 10.1. The first-order valence-corrected chi connectivity index (χ1v) is 9.07. The normalized spacial score (nSPS) is 26.4. The largest absolute Gasteiger partial charge is 0.492 e. The van der Waals surface area contributed by atoms with Gasteiger partial charge in [0.15, 0.2) is 0 Å². The molecule has 2 N–H and O–H groups in total. The molecular weight excluding hydrogens is 318 g/mol. The van der Waals surface area contributed by atoms with Crippen molar-refractivity contribution in [1.82, 2.24) is 4.90 Å². The molecule has 3 unspecified atom stereocenters. The van der Waals surface area contributed by atoms with E-state index in [1.807, 2.05) is 36.1 Å². The quantitative estimate of drug-likeness (QED) is 0.880. The second kappa shape index (κ2) is 7.44. The fourth-order valence-electron chi connectivity index (χ4n) is 3.92. The molecule has 2 amide bonds. The fraction of sp³-hybridized carbons (Fsp3) is 0.579. The standard InChI is InChI=1S/C19H27N3O3/c1-3-25-17-7-5-4-6-16(17)22-12-15(9-18(22)23)19(24)21-11-14(10-20)8-13(21)2/h4-7,13-15H,3,8-12,20H2,1-2H3. The summed E-state index contributed by atoms with van der Waals surface area (Å²) in [5.74, 6) is 0.817. The Morgan fingerprint density at radius 2 is 2.08 bits per heavy atom. The van der Waals surface area contributed by atoms with E-state index in [4.69, 9.17) is 10.5 Å². The first-order chi connectivity index (χ1) is 12.0. The molecule has 136 valence electrons. The number of para-hydroxylation sites is 2. The van der Waals surface area contributed by atoms with E-state index in [0.717, 1.165) is 12.1 Å². The van der Waals surface area contributed by atoms with E-state index in [0.29, 0.717) is 37.9 Å². The lowest BCUT2D eigenvalue weighted by Gasteiger charge is -2.25. The number of hydrogen-bond acceptors (Lipinski definition) is 4. The summed E-state index contributed by atoms with van der Waals surface area (Å²) >= 11 is 0. The molecule has 25 heavy (non-hydrogen) atoms. The van der Waals surface area contributed by atoms with Crippen LogP contribution in [0.25, 0.3) is 0 Å². The van der Waals surface area contributed by atoms with Crippen LogP contribution in [-0.2, 0) is 9.59 Å². The Bertz CT molecular complexity index is 649. The smallest absolute Gasteiger partial charge is 0.228 e. The number of likely N-dealkylation sites (tertiary alicyclic amines) is 1. The van der Waals surface area contributed by atoms with Crippen molar-refractivity contribution in [1.29, 1.82) is 0 Å². The number of carbonyl (C=O) groups is 2. The number of nitrogens with zero attached hydrogens (tertiary/aromatic N) is 2. The molecule has 3 atom stereocenters. The summed E-state index contributed by atoms with van der Waals surface area (Å²) in [5, 5.41) is 0. The molecule has 6 heteroatoms. The zero-order chi connectivity index (χ0) is 18.0. The van der Waals surface area contributed by atoms with Crippen LogP contribution in [0.15, 0.2) is 24.3 Å². The second-order valence-electron chi connectivity index (χ2n) is 6.98. The molecule has 2 fully saturated rings. The van der Waals surface area contributed by atoms with Gasteiger partial charge in [0, 0.05) is 25.6 Å². The number of rotatable bonds is 5. The highest BCUT2D eigenvalue weighted by atomic mass is 16.5. The highest BCUT2D eigenvalue weighted by Gasteiger charge is 2.41. The van der Waals surface area contributed by atoms with Crippen LogP contribution >= 0.6 is 0 Å². The van der Waals surface area contributed by atoms with E-state index < -0.39 is 0 Å². The number of hydrogen-bond donors (Lipinski definition) is 1. The number of carbonyl (C=O) groups excluding carboxylic acids is 2. The summed E-state index contributed by atoms with van der Waals surface area (Å²) in [5.41, 5.74) is 6.51. The first kappa shape index (κ1) is 17.7. The van der Waals surface area contributed by atoms with Crippen LogP contribution < -0.4 is 15.4 Å². The SMILES string of the molecule is CCOc1ccccc1N1CC(C(=O)N2CC(CN)CC2C)CC1=O. The Morgan fingerprint density at radius 3 is 2.76 bits per heavy atom. The number of ether oxygens (including phenoxy) is 1. The van der Waals surface area contributed by atoms with Crippen LogP contribution in [0.3, 0.4) is 0 Å². The third kappa shape index (κ3) is 3.49. The van der Waals surface area contributed by atoms with E-state index >= 15 is 0 Å². The van der Waals surface area contributed by atoms with Gasteiger partial charge in [-0.15, -0.1) is 0 Å². The summed E-state index contributed by atoms with van der Waals surface area (Å²) in [4.78, 5) is 29.1. The Hall–Kier alpha value is -2.08. The number of nitrogens with two attached hydrogens (primary N) is 1. The molecule has 2 aliphatic rings. The van der Waals surface area contributed by atoms with Crippen molar-refractivity contribution in [3.8, 4) is 5.75 Å². The lowest BCUT2D eigenvalue weighted by molar-refractivity contribution is -0.136. The van der Waals surface area contributed by atoms with Gasteiger partial charge in [-0.25, -0.2) is 0 Å². The zero-order valence-electron chi connectivity index (χ0n) is 15.0. The highest BCUT2D eigenvalue weighted by molar-refractivity contribution is 6.01. The number of amides is 2. The van der Waals surface area contributed by atoms with Gasteiger partial charge in [0.05, 0.1) is 18.2 Å². The Kier molecular flexibility index (Phi) is 5.27. The predicted octanol–water partition coefficient (Wildman–Crippen LogP) is 1.63. The maximum absolute atomic E-state index is 12.9. The van der Waals surface area contributed by atoms with Crippen molar-refractivity contribution in [3.63, 3.8) is 0 Å². The highest BCUT2D eigenvalue weighted by Crippen LogP contribution is 2.34. The molecule has 0 bridgehead atoms. The molecule has 2 saturated heterocycles. The van der Waals surface area contributed by atoms with Crippen molar-refractivity contribution >= 4 is 17.5 Å². The van der Waals surface area contributed by atoms with E-state index in [2.05, 4.69) is 6.92 Å². The maximum Gasteiger partial charge on any atom is 0.228 e. The molecule has 1 aromatic rings. The van der Waals surface area contributed by atoms with Gasteiger partial charge in [-0.05, 0) is 44.9 Å². The number of benzene rings is 1. The molecule has 0 aromatic heterocycles. The Labute approximate surface area is 148 Å². The van der Waals surface area contributed by atoms with Gasteiger partial charge in [-0.3, -0.25) is 9.59 Å². The van der Waals surface area contributed by atoms with Crippen LogP contribution in [0.1, 0.15) is 26.7 Å². The molecule has 2 heterocycles. The van der Waals surface area contributed by atoms with Crippen LogP contribution in [0.5, 0.6) is 5.75 Å². The molecule has 1 aromatic carbocycles. The first-order valence-electron chi connectivity index (χ1n) is 9.07. The molecule has 2 aliphatic heterocycles. The van der Waals surface area contributed by atoms with Gasteiger partial charge in [-0.2, -0.15) is 0 Å². The number of anilines is 1. The van der Waals surface area contributed by atoms with E-state index in [-0.39, 0.29) is 30.2 Å². The van der Waals surface area contributed by atoms with E-state index in [1.54, 1.807) is 4.90 Å². The minimum absolute atomic E-state index is 0.0206. The summed E-state index contributed by atoms with van der Waals surface area (Å²) in [6.07, 6.45) is 1.20. The van der Waals surface area contributed by atoms with Gasteiger partial charge >= 0.3 is 0 Å². The molecule has 0 aliphatic carbocycles. The zero-order valence-corrected chi connectivity index (χ0v) is 15.0. The fourth-order valence-corrected chi connectivity index (χ4v) is 3.92. The summed E-state index contributed by atoms with van der Waals surface area (Å²) in [6.45, 7) is 6.23. The monoisotopic (exact) mass is 345 g/mol. The second-order valence-corrected chi connectivity index (χ2v) is 6.98. The van der Waals surface area contributed by atoms with Crippen molar-refractivity contribution in [2.24, 2.45) is 17.6 Å². The Morgan fingerprint density at radius 1 is 1.32 bits per heavy atom. The average Bonchev–Trinajstić information content (AvgIpc) is 3.18. The van der Waals surface area contributed by atoms with Gasteiger partial charge in [0.1, 0.15) is 5.75 Å². The van der Waals surface area contributed by atoms with Gasteiger partial charge in [-0.1, -0.05) is 12.1 Å². The van der Waals surface area contributed by atoms with Crippen molar-refractivity contribution < 1.29 is 14.3 Å². The molecule has 6 nitrogen and oxygen atoms in total. The van der Waals surface area contributed by atoms with Gasteiger partial charge < -0.3 is 20.3 Å². The van der Waals surface area contributed by atoms with Crippen LogP contribution in [0, 0.1) is 11.8 Å². The average molecular weight is 345 g/mol. The lowest BCUT2D eigenvalue weighted by Crippen LogP contribution is -2.40. The third-order valence-corrected chi connectivity index (χ3v) is 5.21. The van der Waals surface area contributed by atoms with E-state index in [9.17, 15) is 9.59 Å². The topological polar surface area (TPSA) is 75.9 Å². The molecule has 0 radical (unpaired) electrons. The van der Waals surface area contributed by atoms with Crippen LogP contribution in [0.2, 0.25) is 0 Å². The summed E-state index contributed by atoms with van der Waals surface area (Å²) < 4.78 is 5.64. The minimum Gasteiger partial charge on any atom is -0.492 e.